The highest BCUT2D eigenvalue weighted by molar-refractivity contribution is 7.22. The van der Waals surface area contributed by atoms with E-state index in [1.165, 1.54) is 47.1 Å². The zero-order valence-electron chi connectivity index (χ0n) is 70.2. The monoisotopic (exact) mass is 1470 g/mol. The number of para-hydroxylation sites is 2. The number of ether oxygens (including phenoxy) is 1. The molecule has 18 aromatic rings. The fourth-order valence-electron chi connectivity index (χ4n) is 17.9. The van der Waals surface area contributed by atoms with Crippen molar-refractivity contribution in [3.05, 3.63) is 430 Å². The van der Waals surface area contributed by atoms with Crippen LogP contribution in [0.4, 0.5) is 17.1 Å². The molecular weight excluding hydrogens is 1380 g/mol. The van der Waals surface area contributed by atoms with Crippen molar-refractivity contribution in [3.8, 4) is 72.8 Å². The maximum atomic E-state index is 9.69. The van der Waals surface area contributed by atoms with Crippen molar-refractivity contribution in [2.45, 2.75) is 26.2 Å². The van der Waals surface area contributed by atoms with E-state index >= 15 is 0 Å². The summed E-state index contributed by atoms with van der Waals surface area (Å²) in [5.41, 5.74) is 17.4. The Morgan fingerprint density at radius 3 is 1.19 bits per heavy atom. The third kappa shape index (κ3) is 11.5. The molecule has 530 valence electrons. The summed E-state index contributed by atoms with van der Waals surface area (Å²) in [6, 6.07) is 135. The van der Waals surface area contributed by atoms with Gasteiger partial charge in [-0.2, -0.15) is 0 Å². The Kier molecular flexibility index (Phi) is 14.9. The minimum Gasteiger partial charge on any atom is -0.458 e. The van der Waals surface area contributed by atoms with Gasteiger partial charge in [-0.25, -0.2) is 0 Å². The number of hydrogen-bond acceptors (Lipinski definition) is 2. The quantitative estimate of drug-likeness (QED) is 0.0752. The van der Waals surface area contributed by atoms with E-state index in [1.54, 1.807) is 4.57 Å². The lowest BCUT2D eigenvalue weighted by Crippen LogP contribution is -2.78. The van der Waals surface area contributed by atoms with Crippen molar-refractivity contribution in [2.24, 2.45) is 0 Å². The average Bonchev–Trinajstić information content (AvgIpc) is 1.57. The Morgan fingerprint density at radius 1 is 0.295 bits per heavy atom. The normalized spacial score (nSPS) is 13.5. The summed E-state index contributed by atoms with van der Waals surface area (Å²) in [5.74, 6) is 1.04. The lowest BCUT2D eigenvalue weighted by Gasteiger charge is -2.41. The number of rotatable bonds is 15. The van der Waals surface area contributed by atoms with Gasteiger partial charge in [0.2, 0.25) is 0 Å². The molecule has 0 spiro atoms. The van der Waals surface area contributed by atoms with Gasteiger partial charge in [0.15, 0.2) is 16.1 Å². The molecule has 0 amide bonds. The van der Waals surface area contributed by atoms with Crippen LogP contribution in [-0.2, 0) is 5.41 Å². The molecule has 2 aliphatic heterocycles. The van der Waals surface area contributed by atoms with Crippen LogP contribution in [0.3, 0.4) is 0 Å². The van der Waals surface area contributed by atoms with Crippen molar-refractivity contribution in [3.63, 3.8) is 0 Å². The Bertz CT molecular complexity index is 6740. The molecule has 0 fully saturated rings. The summed E-state index contributed by atoms with van der Waals surface area (Å²) < 4.78 is 84.1. The van der Waals surface area contributed by atoms with Crippen LogP contribution < -0.4 is 67.5 Å². The third-order valence-corrected chi connectivity index (χ3v) is 32.6. The van der Waals surface area contributed by atoms with E-state index < -0.39 is 59.1 Å². The predicted molar refractivity (Wildman–Crippen MR) is 480 cm³/mol. The minimum atomic E-state index is -3.63. The van der Waals surface area contributed by atoms with E-state index in [0.717, 1.165) is 89.1 Å². The average molecular weight is 1470 g/mol. The molecule has 20 rings (SSSR count). The minimum absolute atomic E-state index is 0.00553. The predicted octanol–water partition coefficient (Wildman–Crippen LogP) is 19.6. The number of benzene rings is 17. The summed E-state index contributed by atoms with van der Waals surface area (Å²) in [5, 5.41) is 9.58. The molecule has 112 heavy (non-hydrogen) atoms. The molecule has 0 aliphatic carbocycles. The van der Waals surface area contributed by atoms with Crippen LogP contribution in [0.5, 0.6) is 11.5 Å². The van der Waals surface area contributed by atoms with Crippen LogP contribution in [-0.4, -0.2) is 27.4 Å². The first-order valence-corrected chi connectivity index (χ1v) is 42.4. The summed E-state index contributed by atoms with van der Waals surface area (Å²) in [7, 11) is -7.27. The van der Waals surface area contributed by atoms with Crippen molar-refractivity contribution < 1.29 is 15.7 Å². The van der Waals surface area contributed by atoms with Gasteiger partial charge < -0.3 is 14.2 Å². The second-order valence-electron chi connectivity index (χ2n) is 30.4. The van der Waals surface area contributed by atoms with Crippen LogP contribution in [0.15, 0.2) is 424 Å². The summed E-state index contributed by atoms with van der Waals surface area (Å²) in [6.07, 6.45) is 0. The van der Waals surface area contributed by atoms with Gasteiger partial charge >= 0.3 is 0 Å². The molecule has 0 saturated heterocycles. The topological polar surface area (TPSA) is 17.4 Å². The zero-order chi connectivity index (χ0) is 81.9. The Labute approximate surface area is 669 Å². The molecule has 0 radical (unpaired) electrons. The molecule has 17 aromatic carbocycles. The van der Waals surface area contributed by atoms with Crippen LogP contribution in [0.1, 0.15) is 37.3 Å². The number of anilines is 3. The van der Waals surface area contributed by atoms with Crippen molar-refractivity contribution in [1.82, 2.24) is 4.57 Å². The molecule has 6 heteroatoms. The van der Waals surface area contributed by atoms with Crippen LogP contribution in [0, 0.1) is 0 Å². The van der Waals surface area contributed by atoms with Gasteiger partial charge in [-0.3, -0.25) is 0 Å². The van der Waals surface area contributed by atoms with Crippen LogP contribution in [0.2, 0.25) is 0 Å². The van der Waals surface area contributed by atoms with Crippen LogP contribution >= 0.6 is 0 Å². The van der Waals surface area contributed by atoms with Gasteiger partial charge in [0, 0.05) is 39.5 Å². The van der Waals surface area contributed by atoms with Gasteiger partial charge in [0.1, 0.15) is 11.5 Å². The first-order chi connectivity index (χ1) is 58.5. The lowest BCUT2D eigenvalue weighted by molar-refractivity contribution is 0.487. The molecule has 1 aromatic heterocycles. The van der Waals surface area contributed by atoms with Gasteiger partial charge in [0.25, 0.3) is 6.71 Å². The van der Waals surface area contributed by atoms with E-state index in [1.807, 2.05) is 24.3 Å². The van der Waals surface area contributed by atoms with Gasteiger partial charge in [-0.15, -0.1) is 0 Å². The standard InChI is InChI=1S/C106H79BN2OSi2/c1-106(2,3)83-59-63-100(95(71-83)77-40-18-7-19-41-77)109-101-62-58-80(76-38-16-6-17-39-76)68-97(101)107-96-61-60-84(108-98-56-30-28-54-93(98)94-55-29-31-57-99(94)108)72-103(96)110-104-70-82(69-102(109)105(104)107)81-66-91(111(85-44-20-8-21-45-85,86-46-22-9-23-47-86)89-52-32-42-78(64-89)74-34-12-4-13-35-74)73-92(67-81)112(87-48-24-10-25-49-87,88-50-26-11-27-51-88)90-53-33-43-79(65-90)75-36-14-5-15-37-75/h4-73H,1-3H3/i28D,29D,30D,31D,54D,55D,56D,57D. The van der Waals surface area contributed by atoms with E-state index in [0.29, 0.717) is 17.2 Å². The molecule has 0 N–H and O–H groups in total. The fraction of sp³-hybridized carbons (Fsp3) is 0.0377. The van der Waals surface area contributed by atoms with Gasteiger partial charge in [-0.05, 0) is 167 Å². The highest BCUT2D eigenvalue weighted by Crippen LogP contribution is 2.48. The highest BCUT2D eigenvalue weighted by Gasteiger charge is 2.48. The Morgan fingerprint density at radius 2 is 0.705 bits per heavy atom. The zero-order valence-corrected chi connectivity index (χ0v) is 64.2. The van der Waals surface area contributed by atoms with Crippen molar-refractivity contribution >= 4 is 120 Å². The molecular formula is C106H79BN2OSi2. The van der Waals surface area contributed by atoms with Crippen molar-refractivity contribution in [1.29, 1.82) is 0 Å². The first kappa shape index (κ1) is 59.6. The van der Waals surface area contributed by atoms with E-state index in [4.69, 9.17) is 10.2 Å². The molecule has 0 bridgehead atoms. The number of hydrogen-bond donors (Lipinski definition) is 0. The number of nitrogens with zero attached hydrogens (tertiary/aromatic N) is 2. The van der Waals surface area contributed by atoms with E-state index in [2.05, 4.69) is 378 Å². The maximum absolute atomic E-state index is 9.69. The maximum Gasteiger partial charge on any atom is 0.256 e. The second kappa shape index (κ2) is 27.9. The second-order valence-corrected chi connectivity index (χ2v) is 38.0. The van der Waals surface area contributed by atoms with Gasteiger partial charge in [-0.1, -0.05) is 391 Å². The fourth-order valence-corrected chi connectivity index (χ4v) is 27.8. The molecule has 3 nitrogen and oxygen atoms in total. The number of aromatic nitrogens is 1. The molecule has 0 atom stereocenters. The number of fused-ring (bicyclic) bond motifs is 7. The largest absolute Gasteiger partial charge is 0.458 e. The van der Waals surface area contributed by atoms with Crippen LogP contribution in [0.25, 0.3) is 83.1 Å². The molecule has 3 heterocycles. The first-order valence-electron chi connectivity index (χ1n) is 42.4. The van der Waals surface area contributed by atoms with Crippen molar-refractivity contribution in [2.75, 3.05) is 4.90 Å². The molecule has 0 saturated carbocycles. The summed E-state index contributed by atoms with van der Waals surface area (Å²) >= 11 is 0. The summed E-state index contributed by atoms with van der Waals surface area (Å²) in [6.45, 7) is 6.29. The Hall–Kier alpha value is -13.4. The van der Waals surface area contributed by atoms with E-state index in [9.17, 15) is 5.48 Å². The lowest BCUT2D eigenvalue weighted by atomic mass is 9.34. The third-order valence-electron chi connectivity index (χ3n) is 23.1. The van der Waals surface area contributed by atoms with E-state index in [-0.39, 0.29) is 39.3 Å². The Balaban J connectivity index is 0.947. The summed E-state index contributed by atoms with van der Waals surface area (Å²) in [4.78, 5) is 2.48. The molecule has 0 unspecified atom stereocenters. The highest BCUT2D eigenvalue weighted by atomic mass is 28.3. The molecule has 2 aliphatic rings. The SMILES string of the molecule is [2H]c1c([2H])c([2H])c2c(c1[2H])c1c([2H])c([2H])c([2H])c([2H])c1n2-c1ccc2c(c1)Oc1cc(-c3cc([Si](c4ccccc4)(c4ccccc4)c4cccc(-c5ccccc5)c4)cc([Si](c4ccccc4)(c4ccccc4)c4cccc(-c5ccccc5)c4)c3)cc3c1B2c1cc(-c2ccccc2)ccc1N3c1ccc(C(C)(C)C)cc1-c1ccccc1. The smallest absolute Gasteiger partial charge is 0.256 e. The van der Waals surface area contributed by atoms with Gasteiger partial charge in [0.05, 0.1) is 27.7 Å².